The molecule has 34 heteroatoms. The molecule has 0 saturated heterocycles. The van der Waals surface area contributed by atoms with Gasteiger partial charge in [-0.3, -0.25) is 84.1 Å². The summed E-state index contributed by atoms with van der Waals surface area (Å²) in [6, 6.07) is 28.8. The number of hydrogen-bond acceptors (Lipinski definition) is 20. The van der Waals surface area contributed by atoms with E-state index in [1.807, 2.05) is 58.9 Å². The van der Waals surface area contributed by atoms with Crippen molar-refractivity contribution in [3.63, 3.8) is 0 Å². The Morgan fingerprint density at radius 1 is 0.541 bits per heavy atom. The third kappa shape index (κ3) is 36.4. The molecule has 0 spiro atoms. The zero-order valence-electron chi connectivity index (χ0n) is 64.0. The maximum absolute atomic E-state index is 11.6. The zero-order chi connectivity index (χ0) is 82.4. The number of halogens is 2. The molecule has 600 valence electrons. The first-order valence-electron chi connectivity index (χ1n) is 32.3. The molecule has 0 atom stereocenters. The van der Waals surface area contributed by atoms with Gasteiger partial charge in [0.1, 0.15) is 0 Å². The monoisotopic (exact) mass is 1650 g/mol. The van der Waals surface area contributed by atoms with Gasteiger partial charge in [0.25, 0.3) is 40.4 Å². The smallest absolute Gasteiger partial charge is 0.300 e. The van der Waals surface area contributed by atoms with Crippen molar-refractivity contribution in [3.05, 3.63) is 217 Å². The number of nitro groups is 5. The number of hydrogen-bond donors (Lipinski definition) is 6. The van der Waals surface area contributed by atoms with Crippen LogP contribution < -0.4 is 36.8 Å². The number of carbonyl (C=O) groups is 7. The summed E-state index contributed by atoms with van der Waals surface area (Å²) < 4.78 is 0. The normalized spacial score (nSPS) is 12.1. The Hall–Kier alpha value is -11.1. The molecule has 0 unspecified atom stereocenters. The molecular formula is C75H102Cl2N12O19Pd. The van der Waals surface area contributed by atoms with Gasteiger partial charge in [-0.15, -0.1) is 19.0 Å². The summed E-state index contributed by atoms with van der Waals surface area (Å²) in [5.74, 6) is -2.08. The molecule has 109 heavy (non-hydrogen) atoms. The van der Waals surface area contributed by atoms with E-state index in [0.29, 0.717) is 41.5 Å². The van der Waals surface area contributed by atoms with Crippen LogP contribution in [0.2, 0.25) is 0 Å². The molecule has 0 saturated carbocycles. The van der Waals surface area contributed by atoms with Crippen LogP contribution in [0.15, 0.2) is 133 Å². The summed E-state index contributed by atoms with van der Waals surface area (Å²) >= 11 is 4.64. The number of fused-ring (bicyclic) bond motifs is 3. The Balaban J connectivity index is -0.000000580. The average molecular weight is 1650 g/mol. The molecule has 8 N–H and O–H groups in total. The van der Waals surface area contributed by atoms with E-state index < -0.39 is 31.6 Å². The first kappa shape index (κ1) is 104. The molecule has 0 radical (unpaired) electrons. The van der Waals surface area contributed by atoms with Crippen molar-refractivity contribution in [1.29, 1.82) is 0 Å². The van der Waals surface area contributed by atoms with Gasteiger partial charge in [0.15, 0.2) is 0 Å². The molecule has 0 bridgehead atoms. The number of carbonyl (C=O) groups excluding carboxylic acids is 5. The third-order valence-electron chi connectivity index (χ3n) is 15.1. The van der Waals surface area contributed by atoms with Crippen LogP contribution in [-0.4, -0.2) is 102 Å². The second kappa shape index (κ2) is 47.6. The van der Waals surface area contributed by atoms with E-state index in [0.717, 1.165) is 78.1 Å². The Morgan fingerprint density at radius 2 is 0.881 bits per heavy atom. The Labute approximate surface area is 660 Å². The number of carboxylic acids is 2. The number of anilines is 7. The quantitative estimate of drug-likeness (QED) is 0.0185. The maximum atomic E-state index is 11.6. The summed E-state index contributed by atoms with van der Waals surface area (Å²) in [5, 5.41) is 72.9. The average Bonchev–Trinajstić information content (AvgIpc) is 1.63. The van der Waals surface area contributed by atoms with Crippen LogP contribution in [0.3, 0.4) is 0 Å². The maximum Gasteiger partial charge on any atom is 0.300 e. The van der Waals surface area contributed by atoms with Crippen molar-refractivity contribution in [2.24, 2.45) is 0 Å². The molecule has 0 aromatic heterocycles. The minimum Gasteiger partial charge on any atom is -0.481 e. The molecule has 9 rings (SSSR count). The van der Waals surface area contributed by atoms with E-state index in [1.54, 1.807) is 67.0 Å². The van der Waals surface area contributed by atoms with Crippen LogP contribution in [0.5, 0.6) is 0 Å². The summed E-state index contributed by atoms with van der Waals surface area (Å²) in [7, 11) is 0. The summed E-state index contributed by atoms with van der Waals surface area (Å²) in [5.41, 5.74) is 23.9. The van der Waals surface area contributed by atoms with E-state index >= 15 is 0 Å². The van der Waals surface area contributed by atoms with Gasteiger partial charge in [-0.05, 0) is 110 Å². The summed E-state index contributed by atoms with van der Waals surface area (Å²) in [6.45, 7) is 43.2. The molecule has 4 amide bonds. The Morgan fingerprint density at radius 3 is 1.25 bits per heavy atom. The predicted octanol–water partition coefficient (Wildman–Crippen LogP) is 16.6. The van der Waals surface area contributed by atoms with Gasteiger partial charge in [0.05, 0.1) is 41.7 Å². The van der Waals surface area contributed by atoms with Gasteiger partial charge in [-0.25, -0.2) is 0 Å². The SMILES string of the molecule is C.C=C(C)CC.C=C(C)CN(C(C)=O)c1cc([N+](=O)[O-])ccc1C.CC(=O)Cl.CC(=O)N1CC(C)(C)c2ccc(N)cc21.CC(=O)N1CC(C)(C)c2ccc([N+](=O)[O-])cc21.CC(=O)Nc1cc([N+](=O)[O-])ccc1C.CC(=O)O.CC(=O)O.CC1(C)CNc2cc([N+](=O)[O-])ccc21.Cc1ccc([N+](=O)[O-])cc1N.Cl.[Pd]. The van der Waals surface area contributed by atoms with Gasteiger partial charge in [0.2, 0.25) is 28.9 Å². The number of benzene rings is 6. The number of carboxylic acid groups (broad SMARTS) is 2. The number of nitro benzene ring substituents is 5. The number of non-ortho nitro benzene ring substituents is 5. The van der Waals surface area contributed by atoms with E-state index in [2.05, 4.69) is 70.0 Å². The van der Waals surface area contributed by atoms with Crippen molar-refractivity contribution in [2.75, 3.05) is 63.0 Å². The van der Waals surface area contributed by atoms with Gasteiger partial charge in [0, 0.05) is 195 Å². The fourth-order valence-electron chi connectivity index (χ4n) is 9.69. The molecule has 6 aromatic rings. The summed E-state index contributed by atoms with van der Waals surface area (Å²) in [4.78, 5) is 128. The predicted molar refractivity (Wildman–Crippen MR) is 428 cm³/mol. The first-order valence-corrected chi connectivity index (χ1v) is 32.7. The van der Waals surface area contributed by atoms with E-state index in [-0.39, 0.29) is 119 Å². The van der Waals surface area contributed by atoms with Crippen LogP contribution in [0.25, 0.3) is 0 Å². The number of nitrogens with one attached hydrogen (secondary N) is 2. The van der Waals surface area contributed by atoms with Crippen LogP contribution >= 0.6 is 24.0 Å². The van der Waals surface area contributed by atoms with Gasteiger partial charge in [-0.2, -0.15) is 0 Å². The van der Waals surface area contributed by atoms with Crippen LogP contribution in [0, 0.1) is 71.3 Å². The van der Waals surface area contributed by atoms with Gasteiger partial charge < -0.3 is 47.0 Å². The molecule has 3 heterocycles. The molecule has 0 aliphatic carbocycles. The van der Waals surface area contributed by atoms with Crippen molar-refractivity contribution < 1.29 is 88.8 Å². The standard InChI is InChI=1S/C13H16N2O3.C12H14N2O3.C12H16N2O.C10H12N2O2.C9H10N2O3.C7H8N2O2.C5H10.C2H3ClO.2C2H4O2.CH4.ClH.Pd/c1-9(2)8-14(11(4)16)13-7-12(15(17)18)6-5-10(13)3;1-8(15)13-7-12(2,3)10-5-4-9(14(16)17)6-11(10)13;1-8(15)14-7-12(2,3)10-5-4-9(13)6-11(10)14;1-10(2)6-11-9-5-7(12(13)14)3-4-8(9)10;1-6-3-4-8(11(13)14)5-9(6)10-7(2)12;1-5-2-3-6(9(10)11)4-7(5)8;1-4-5(2)3;3*1-2(3)4;;;/h5-7H,1,8H2,2-4H3;4-6H,7H2,1-3H3;4-6H,7,13H2,1-3H3;3-5,11H,6H2,1-2H3;3-5H,1-2H3,(H,10,12);2-4H,8H2,1H3;2,4H2,1,3H3;1H3;2*1H3,(H,3,4);1H4;1H;. The van der Waals surface area contributed by atoms with Crippen LogP contribution in [0.4, 0.5) is 68.2 Å². The fraction of sp³-hybridized carbons (Fsp3) is 0.373. The molecule has 6 aromatic carbocycles. The van der Waals surface area contributed by atoms with E-state index in [1.165, 1.54) is 92.3 Å². The molecular weight excluding hydrogens is 1550 g/mol. The first-order chi connectivity index (χ1) is 48.6. The van der Waals surface area contributed by atoms with Gasteiger partial charge in [-0.1, -0.05) is 97.9 Å². The minimum absolute atomic E-state index is 0. The summed E-state index contributed by atoms with van der Waals surface area (Å²) in [6.07, 6.45) is 1.11. The number of amides is 4. The van der Waals surface area contributed by atoms with Crippen LogP contribution in [0.1, 0.15) is 158 Å². The molecule has 3 aliphatic rings. The number of aliphatic carboxylic acids is 2. The molecule has 3 aliphatic heterocycles. The minimum atomic E-state index is -0.833. The molecule has 0 fully saturated rings. The topological polar surface area (TPSA) is 461 Å². The number of nitrogens with zero attached hydrogens (tertiary/aromatic N) is 8. The van der Waals surface area contributed by atoms with Crippen molar-refractivity contribution >= 4 is 133 Å². The van der Waals surface area contributed by atoms with Crippen LogP contribution in [-0.2, 0) is 70.2 Å². The number of rotatable bonds is 10. The van der Waals surface area contributed by atoms with E-state index in [9.17, 15) is 74.5 Å². The van der Waals surface area contributed by atoms with E-state index in [4.69, 9.17) is 31.3 Å². The van der Waals surface area contributed by atoms with Crippen molar-refractivity contribution in [2.45, 2.75) is 162 Å². The second-order valence-electron chi connectivity index (χ2n) is 26.3. The van der Waals surface area contributed by atoms with Crippen molar-refractivity contribution in [1.82, 2.24) is 0 Å². The Kier molecular flexibility index (Phi) is 45.5. The van der Waals surface area contributed by atoms with Crippen molar-refractivity contribution in [3.8, 4) is 0 Å². The van der Waals surface area contributed by atoms with Gasteiger partial charge >= 0.3 is 0 Å². The zero-order valence-corrected chi connectivity index (χ0v) is 67.1. The second-order valence-corrected chi connectivity index (χ2v) is 26.8. The Bertz CT molecular complexity index is 4220. The molecule has 31 nitrogen and oxygen atoms in total. The third-order valence-corrected chi connectivity index (χ3v) is 15.1. The fourth-order valence-corrected chi connectivity index (χ4v) is 9.69. The largest absolute Gasteiger partial charge is 0.481 e. The number of allylic oxidation sites excluding steroid dienone is 1. The number of nitrogen functional groups attached to an aromatic ring is 2. The number of nitrogens with two attached hydrogens (primary N) is 2. The number of aryl methyl sites for hydroxylation is 3.